The first-order valence-corrected chi connectivity index (χ1v) is 5.34. The van der Waals surface area contributed by atoms with Gasteiger partial charge in [0.05, 0.1) is 0 Å². The van der Waals surface area contributed by atoms with E-state index >= 15 is 0 Å². The average Bonchev–Trinajstić information content (AvgIpc) is 2.43. The van der Waals surface area contributed by atoms with Crippen molar-refractivity contribution in [1.29, 1.82) is 0 Å². The van der Waals surface area contributed by atoms with Crippen LogP contribution in [0.4, 0.5) is 22.0 Å². The number of carbonyl (C=O) groups excluding carboxylic acids is 1. The van der Waals surface area contributed by atoms with Gasteiger partial charge in [-0.1, -0.05) is 6.07 Å². The van der Waals surface area contributed by atoms with Crippen LogP contribution in [0.1, 0.15) is 21.6 Å². The lowest BCUT2D eigenvalue weighted by atomic mass is 10.0. The highest BCUT2D eigenvalue weighted by atomic mass is 19.2. The van der Waals surface area contributed by atoms with E-state index < -0.39 is 40.4 Å². The molecule has 0 N–H and O–H groups in total. The predicted octanol–water partition coefficient (Wildman–Crippen LogP) is 3.32. The molecule has 104 valence electrons. The Balaban J connectivity index is 2.71. The molecule has 0 saturated carbocycles. The number of rotatable bonds is 2. The average molecular weight is 287 g/mol. The highest BCUT2D eigenvalue weighted by molar-refractivity contribution is 6.08. The summed E-state index contributed by atoms with van der Waals surface area (Å²) in [4.78, 5) is 15.5. The number of carbonyl (C=O) groups is 1. The molecule has 0 fully saturated rings. The number of hydrogen-bond acceptors (Lipinski definition) is 2. The van der Waals surface area contributed by atoms with E-state index in [1.807, 2.05) is 0 Å². The molecule has 0 aliphatic rings. The van der Waals surface area contributed by atoms with Gasteiger partial charge in [-0.15, -0.1) is 0 Å². The highest BCUT2D eigenvalue weighted by Crippen LogP contribution is 2.25. The Hall–Kier alpha value is -2.31. The van der Waals surface area contributed by atoms with Crippen LogP contribution in [0.25, 0.3) is 0 Å². The summed E-state index contributed by atoms with van der Waals surface area (Å²) in [6.45, 7) is 1.42. The number of nitrogens with zero attached hydrogens (tertiary/aromatic N) is 1. The van der Waals surface area contributed by atoms with Crippen molar-refractivity contribution in [2.24, 2.45) is 0 Å². The van der Waals surface area contributed by atoms with Crippen molar-refractivity contribution in [3.05, 3.63) is 64.2 Å². The van der Waals surface area contributed by atoms with Gasteiger partial charge < -0.3 is 0 Å². The summed E-state index contributed by atoms with van der Waals surface area (Å²) in [5.41, 5.74) is -1.64. The Bertz CT molecular complexity index is 685. The van der Waals surface area contributed by atoms with Crippen LogP contribution in [0.2, 0.25) is 0 Å². The Morgan fingerprint density at radius 1 is 0.950 bits per heavy atom. The van der Waals surface area contributed by atoms with Crippen LogP contribution in [0, 0.1) is 36.0 Å². The van der Waals surface area contributed by atoms with E-state index in [4.69, 9.17) is 0 Å². The molecule has 1 aromatic heterocycles. The van der Waals surface area contributed by atoms with E-state index in [0.29, 0.717) is 0 Å². The zero-order chi connectivity index (χ0) is 15.0. The lowest BCUT2D eigenvalue weighted by Gasteiger charge is -2.08. The third-order valence-corrected chi connectivity index (χ3v) is 2.66. The first kappa shape index (κ1) is 14.1. The molecule has 1 aromatic carbocycles. The van der Waals surface area contributed by atoms with E-state index in [1.165, 1.54) is 25.3 Å². The number of aromatic nitrogens is 1. The second-order valence-corrected chi connectivity index (χ2v) is 3.94. The van der Waals surface area contributed by atoms with Crippen LogP contribution in [0.5, 0.6) is 0 Å². The summed E-state index contributed by atoms with van der Waals surface area (Å²) in [6.07, 6.45) is 1.17. The first-order chi connectivity index (χ1) is 9.36. The van der Waals surface area contributed by atoms with Gasteiger partial charge in [0.1, 0.15) is 11.3 Å². The third-order valence-electron chi connectivity index (χ3n) is 2.66. The maximum absolute atomic E-state index is 13.5. The summed E-state index contributed by atoms with van der Waals surface area (Å²) in [6, 6.07) is 2.89. The van der Waals surface area contributed by atoms with Gasteiger partial charge in [-0.05, 0) is 18.6 Å². The van der Waals surface area contributed by atoms with E-state index in [2.05, 4.69) is 4.98 Å². The SMILES string of the molecule is Cc1cccnc1C(=O)c1c(F)c(F)c(F)c(F)c1F. The lowest BCUT2D eigenvalue weighted by Crippen LogP contribution is -2.15. The van der Waals surface area contributed by atoms with Crippen molar-refractivity contribution in [1.82, 2.24) is 4.98 Å². The quantitative estimate of drug-likeness (QED) is 0.367. The van der Waals surface area contributed by atoms with Crippen LogP contribution < -0.4 is 0 Å². The lowest BCUT2D eigenvalue weighted by molar-refractivity contribution is 0.102. The smallest absolute Gasteiger partial charge is 0.217 e. The molecule has 2 nitrogen and oxygen atoms in total. The van der Waals surface area contributed by atoms with Crippen molar-refractivity contribution >= 4 is 5.78 Å². The molecule has 0 aliphatic heterocycles. The molecule has 0 bridgehead atoms. The van der Waals surface area contributed by atoms with Gasteiger partial charge in [0.25, 0.3) is 0 Å². The molecule has 20 heavy (non-hydrogen) atoms. The highest BCUT2D eigenvalue weighted by Gasteiger charge is 2.31. The fourth-order valence-corrected chi connectivity index (χ4v) is 1.65. The molecule has 0 spiro atoms. The zero-order valence-electron chi connectivity index (χ0n) is 9.98. The summed E-state index contributed by atoms with van der Waals surface area (Å²) >= 11 is 0. The number of halogens is 5. The topological polar surface area (TPSA) is 30.0 Å². The molecule has 1 heterocycles. The molecule has 7 heteroatoms. The van der Waals surface area contributed by atoms with Gasteiger partial charge in [0, 0.05) is 6.20 Å². The number of ketones is 1. The van der Waals surface area contributed by atoms with E-state index in [9.17, 15) is 26.7 Å². The Kier molecular flexibility index (Phi) is 3.52. The molecule has 0 unspecified atom stereocenters. The summed E-state index contributed by atoms with van der Waals surface area (Å²) in [5, 5.41) is 0. The number of pyridine rings is 1. The maximum Gasteiger partial charge on any atom is 0.217 e. The van der Waals surface area contributed by atoms with Crippen molar-refractivity contribution < 1.29 is 26.7 Å². The molecule has 0 saturated heterocycles. The van der Waals surface area contributed by atoms with Crippen LogP contribution in [0.15, 0.2) is 18.3 Å². The normalized spacial score (nSPS) is 10.7. The van der Waals surface area contributed by atoms with Gasteiger partial charge in [-0.2, -0.15) is 0 Å². The Labute approximate surface area is 109 Å². The fourth-order valence-electron chi connectivity index (χ4n) is 1.65. The Morgan fingerprint density at radius 2 is 1.45 bits per heavy atom. The van der Waals surface area contributed by atoms with Crippen LogP contribution in [-0.4, -0.2) is 10.8 Å². The molecular formula is C13H6F5NO. The largest absolute Gasteiger partial charge is 0.287 e. The minimum absolute atomic E-state index is 0.251. The molecule has 0 atom stereocenters. The molecule has 0 amide bonds. The molecule has 0 radical (unpaired) electrons. The number of aryl methyl sites for hydroxylation is 1. The van der Waals surface area contributed by atoms with Crippen molar-refractivity contribution in [2.45, 2.75) is 6.92 Å². The summed E-state index contributed by atoms with van der Waals surface area (Å²) in [7, 11) is 0. The first-order valence-electron chi connectivity index (χ1n) is 5.34. The molecule has 2 rings (SSSR count). The molecule has 0 aliphatic carbocycles. The van der Waals surface area contributed by atoms with E-state index in [1.54, 1.807) is 0 Å². The minimum Gasteiger partial charge on any atom is -0.287 e. The number of benzene rings is 1. The van der Waals surface area contributed by atoms with Gasteiger partial charge in [-0.25, -0.2) is 22.0 Å². The van der Waals surface area contributed by atoms with Gasteiger partial charge >= 0.3 is 0 Å². The van der Waals surface area contributed by atoms with Gasteiger partial charge in [0.15, 0.2) is 23.3 Å². The maximum atomic E-state index is 13.5. The summed E-state index contributed by atoms with van der Waals surface area (Å²) in [5.74, 6) is -12.3. The second kappa shape index (κ2) is 4.99. The Morgan fingerprint density at radius 3 is 1.95 bits per heavy atom. The third kappa shape index (κ3) is 2.04. The van der Waals surface area contributed by atoms with Crippen LogP contribution in [0.3, 0.4) is 0 Å². The number of hydrogen-bond donors (Lipinski definition) is 0. The predicted molar refractivity (Wildman–Crippen MR) is 58.6 cm³/mol. The zero-order valence-corrected chi connectivity index (χ0v) is 9.98. The van der Waals surface area contributed by atoms with Crippen molar-refractivity contribution in [2.75, 3.05) is 0 Å². The summed E-state index contributed by atoms with van der Waals surface area (Å²) < 4.78 is 66.0. The van der Waals surface area contributed by atoms with E-state index in [-0.39, 0.29) is 11.3 Å². The standard InChI is InChI=1S/C13H6F5NO/c1-5-3-2-4-19-12(5)13(20)6-7(14)9(16)11(18)10(17)8(6)15/h2-4H,1H3. The molecular weight excluding hydrogens is 281 g/mol. The minimum atomic E-state index is -2.31. The van der Waals surface area contributed by atoms with Gasteiger partial charge in [0.2, 0.25) is 11.6 Å². The second-order valence-electron chi connectivity index (χ2n) is 3.94. The fraction of sp³-hybridized carbons (Fsp3) is 0.0769. The van der Waals surface area contributed by atoms with Crippen molar-refractivity contribution in [3.8, 4) is 0 Å². The van der Waals surface area contributed by atoms with E-state index in [0.717, 1.165) is 0 Å². The van der Waals surface area contributed by atoms with Crippen LogP contribution >= 0.6 is 0 Å². The monoisotopic (exact) mass is 287 g/mol. The van der Waals surface area contributed by atoms with Crippen LogP contribution in [-0.2, 0) is 0 Å². The van der Waals surface area contributed by atoms with Gasteiger partial charge in [-0.3, -0.25) is 9.78 Å². The van der Waals surface area contributed by atoms with Crippen molar-refractivity contribution in [3.63, 3.8) is 0 Å². The molecule has 2 aromatic rings.